The number of hydrogen-bond acceptors (Lipinski definition) is 4. The molecule has 1 amide bonds. The van der Waals surface area contributed by atoms with E-state index in [0.29, 0.717) is 25.3 Å². The molecule has 1 saturated heterocycles. The first-order valence-electron chi connectivity index (χ1n) is 7.10. The fourth-order valence-electron chi connectivity index (χ4n) is 2.60. The van der Waals surface area contributed by atoms with Gasteiger partial charge in [0.05, 0.1) is 18.9 Å². The Balaban J connectivity index is 2.05. The number of morpholine rings is 1. The molecule has 122 valence electrons. The van der Waals surface area contributed by atoms with Gasteiger partial charge in [0.25, 0.3) is 0 Å². The van der Waals surface area contributed by atoms with Crippen LogP contribution in [0, 0.1) is 11.7 Å². The first kappa shape index (κ1) is 16.9. The minimum Gasteiger partial charge on any atom is -0.370 e. The van der Waals surface area contributed by atoms with Crippen molar-refractivity contribution in [2.24, 2.45) is 5.92 Å². The Kier molecular flexibility index (Phi) is 5.18. The number of halogens is 1. The summed E-state index contributed by atoms with van der Waals surface area (Å²) in [7, 11) is -3.21. The summed E-state index contributed by atoms with van der Waals surface area (Å²) in [6, 6.07) is 6.09. The maximum atomic E-state index is 13.3. The van der Waals surface area contributed by atoms with Gasteiger partial charge in [-0.2, -0.15) is 0 Å². The second kappa shape index (κ2) is 6.75. The molecule has 1 aliphatic heterocycles. The maximum Gasteiger partial charge on any atom is 0.226 e. The zero-order valence-electron chi connectivity index (χ0n) is 12.7. The van der Waals surface area contributed by atoms with Crippen molar-refractivity contribution in [2.75, 3.05) is 31.7 Å². The Bertz CT molecular complexity index is 647. The lowest BCUT2D eigenvalue weighted by molar-refractivity contribution is -0.142. The van der Waals surface area contributed by atoms with Crippen LogP contribution in [-0.2, 0) is 19.4 Å². The Morgan fingerprint density at radius 2 is 2.23 bits per heavy atom. The fourth-order valence-corrected chi connectivity index (χ4v) is 3.65. The maximum absolute atomic E-state index is 13.3. The van der Waals surface area contributed by atoms with E-state index in [1.165, 1.54) is 12.1 Å². The number of nitrogens with zero attached hydrogens (tertiary/aromatic N) is 1. The summed E-state index contributed by atoms with van der Waals surface area (Å²) in [6.45, 7) is 2.67. The van der Waals surface area contributed by atoms with E-state index >= 15 is 0 Å². The molecule has 0 aliphatic carbocycles. The van der Waals surface area contributed by atoms with Crippen LogP contribution < -0.4 is 0 Å². The molecule has 0 aromatic heterocycles. The van der Waals surface area contributed by atoms with E-state index in [1.807, 2.05) is 0 Å². The highest BCUT2D eigenvalue weighted by Crippen LogP contribution is 2.24. The first-order valence-corrected chi connectivity index (χ1v) is 9.16. The van der Waals surface area contributed by atoms with Gasteiger partial charge in [0.1, 0.15) is 21.8 Å². The second-order valence-corrected chi connectivity index (χ2v) is 7.88. The molecule has 7 heteroatoms. The topological polar surface area (TPSA) is 63.7 Å². The second-order valence-electron chi connectivity index (χ2n) is 5.69. The summed E-state index contributed by atoms with van der Waals surface area (Å²) in [5, 5.41) is 0. The van der Waals surface area contributed by atoms with Crippen LogP contribution in [0.4, 0.5) is 4.39 Å². The molecule has 1 aliphatic rings. The highest BCUT2D eigenvalue weighted by molar-refractivity contribution is 7.90. The van der Waals surface area contributed by atoms with Crippen molar-refractivity contribution in [1.82, 2.24) is 4.90 Å². The number of amides is 1. The molecular formula is C15H20FNO4S. The highest BCUT2D eigenvalue weighted by Gasteiger charge is 2.29. The van der Waals surface area contributed by atoms with Gasteiger partial charge in [0.2, 0.25) is 5.91 Å². The molecule has 0 saturated carbocycles. The van der Waals surface area contributed by atoms with Gasteiger partial charge in [0.15, 0.2) is 0 Å². The highest BCUT2D eigenvalue weighted by atomic mass is 32.2. The average molecular weight is 329 g/mol. The van der Waals surface area contributed by atoms with E-state index in [1.54, 1.807) is 24.0 Å². The summed E-state index contributed by atoms with van der Waals surface area (Å²) in [4.78, 5) is 13.9. The van der Waals surface area contributed by atoms with E-state index in [-0.39, 0.29) is 23.6 Å². The molecule has 1 aromatic carbocycles. The Labute approximate surface area is 130 Å². The standard InChI is InChI=1S/C15H20FNO4S/c1-11(10-22(2,19)20)15(18)17-6-7-21-14(9-17)12-4-3-5-13(16)8-12/h3-5,8,11,14H,6-7,9-10H2,1-2H3. The minimum absolute atomic E-state index is 0.173. The normalized spacial score (nSPS) is 20.7. The minimum atomic E-state index is -3.21. The molecule has 22 heavy (non-hydrogen) atoms. The van der Waals surface area contributed by atoms with Crippen LogP contribution in [0.3, 0.4) is 0 Å². The average Bonchev–Trinajstić information content (AvgIpc) is 2.45. The number of hydrogen-bond donors (Lipinski definition) is 0. The monoisotopic (exact) mass is 329 g/mol. The number of ether oxygens (including phenoxy) is 1. The SMILES string of the molecule is CC(CS(C)(=O)=O)C(=O)N1CCOC(c2cccc(F)c2)C1. The lowest BCUT2D eigenvalue weighted by atomic mass is 10.1. The van der Waals surface area contributed by atoms with E-state index in [0.717, 1.165) is 6.26 Å². The number of carbonyl (C=O) groups is 1. The molecule has 2 unspecified atom stereocenters. The predicted molar refractivity (Wildman–Crippen MR) is 80.5 cm³/mol. The van der Waals surface area contributed by atoms with Crippen LogP contribution in [0.1, 0.15) is 18.6 Å². The van der Waals surface area contributed by atoms with Gasteiger partial charge in [-0.3, -0.25) is 4.79 Å². The van der Waals surface area contributed by atoms with E-state index < -0.39 is 15.8 Å². The van der Waals surface area contributed by atoms with Crippen molar-refractivity contribution in [2.45, 2.75) is 13.0 Å². The third-order valence-electron chi connectivity index (χ3n) is 3.57. The number of carbonyl (C=O) groups excluding carboxylic acids is 1. The summed E-state index contributed by atoms with van der Waals surface area (Å²) in [6.07, 6.45) is 0.727. The molecule has 0 spiro atoms. The number of sulfone groups is 1. The van der Waals surface area contributed by atoms with Gasteiger partial charge in [-0.25, -0.2) is 12.8 Å². The number of rotatable bonds is 4. The van der Waals surface area contributed by atoms with Gasteiger partial charge in [-0.1, -0.05) is 19.1 Å². The van der Waals surface area contributed by atoms with Gasteiger partial charge >= 0.3 is 0 Å². The molecular weight excluding hydrogens is 309 g/mol. The first-order chi connectivity index (χ1) is 10.3. The van der Waals surface area contributed by atoms with Crippen LogP contribution in [0.5, 0.6) is 0 Å². The van der Waals surface area contributed by atoms with E-state index in [9.17, 15) is 17.6 Å². The van der Waals surface area contributed by atoms with Crippen LogP contribution >= 0.6 is 0 Å². The third-order valence-corrected chi connectivity index (χ3v) is 4.68. The smallest absolute Gasteiger partial charge is 0.226 e. The number of benzene rings is 1. The third kappa shape index (κ3) is 4.51. The van der Waals surface area contributed by atoms with Gasteiger partial charge < -0.3 is 9.64 Å². The lowest BCUT2D eigenvalue weighted by Gasteiger charge is -2.34. The summed E-state index contributed by atoms with van der Waals surface area (Å²) >= 11 is 0. The zero-order valence-corrected chi connectivity index (χ0v) is 13.5. The largest absolute Gasteiger partial charge is 0.370 e. The van der Waals surface area contributed by atoms with Gasteiger partial charge in [-0.15, -0.1) is 0 Å². The Hall–Kier alpha value is -1.47. The Morgan fingerprint density at radius 3 is 2.86 bits per heavy atom. The van der Waals surface area contributed by atoms with Crippen molar-refractivity contribution in [3.05, 3.63) is 35.6 Å². The molecule has 1 heterocycles. The van der Waals surface area contributed by atoms with E-state index in [2.05, 4.69) is 0 Å². The predicted octanol–water partition coefficient (Wildman–Crippen LogP) is 1.41. The molecule has 2 rings (SSSR count). The van der Waals surface area contributed by atoms with Crippen LogP contribution in [0.15, 0.2) is 24.3 Å². The molecule has 1 fully saturated rings. The summed E-state index contributed by atoms with van der Waals surface area (Å²) in [5.41, 5.74) is 0.674. The van der Waals surface area contributed by atoms with Crippen LogP contribution in [0.2, 0.25) is 0 Å². The van der Waals surface area contributed by atoms with Crippen molar-refractivity contribution in [1.29, 1.82) is 0 Å². The van der Waals surface area contributed by atoms with Crippen molar-refractivity contribution in [3.8, 4) is 0 Å². The van der Waals surface area contributed by atoms with Crippen molar-refractivity contribution < 1.29 is 22.3 Å². The van der Waals surface area contributed by atoms with Crippen LogP contribution in [-0.4, -0.2) is 50.9 Å². The Morgan fingerprint density at radius 1 is 1.50 bits per heavy atom. The summed E-state index contributed by atoms with van der Waals surface area (Å²) < 4.78 is 41.5. The van der Waals surface area contributed by atoms with Gasteiger partial charge in [-0.05, 0) is 17.7 Å². The lowest BCUT2D eigenvalue weighted by Crippen LogP contribution is -2.45. The summed E-state index contributed by atoms with van der Waals surface area (Å²) in [5.74, 6) is -1.33. The zero-order chi connectivity index (χ0) is 16.3. The quantitative estimate of drug-likeness (QED) is 0.838. The molecule has 5 nitrogen and oxygen atoms in total. The van der Waals surface area contributed by atoms with E-state index in [4.69, 9.17) is 4.74 Å². The molecule has 0 bridgehead atoms. The molecule has 2 atom stereocenters. The van der Waals surface area contributed by atoms with Crippen LogP contribution in [0.25, 0.3) is 0 Å². The van der Waals surface area contributed by atoms with Gasteiger partial charge in [0, 0.05) is 18.7 Å². The molecule has 1 aromatic rings. The molecule has 0 radical (unpaired) electrons. The van der Waals surface area contributed by atoms with Crippen molar-refractivity contribution in [3.63, 3.8) is 0 Å². The van der Waals surface area contributed by atoms with Crippen molar-refractivity contribution >= 4 is 15.7 Å². The fraction of sp³-hybridized carbons (Fsp3) is 0.533. The molecule has 0 N–H and O–H groups in total.